The van der Waals surface area contributed by atoms with Gasteiger partial charge in [-0.05, 0) is 12.1 Å². The van der Waals surface area contributed by atoms with E-state index in [-0.39, 0.29) is 5.69 Å². The zero-order valence-corrected chi connectivity index (χ0v) is 9.63. The highest BCUT2D eigenvalue weighted by molar-refractivity contribution is 7.06. The van der Waals surface area contributed by atoms with Crippen LogP contribution in [-0.4, -0.2) is 11.0 Å². The van der Waals surface area contributed by atoms with Gasteiger partial charge in [0.15, 0.2) is 16.5 Å². The zero-order chi connectivity index (χ0) is 11.7. The third-order valence-electron chi connectivity index (χ3n) is 1.89. The van der Waals surface area contributed by atoms with E-state index in [2.05, 4.69) is 5.10 Å². The summed E-state index contributed by atoms with van der Waals surface area (Å²) in [5.74, 6) is -0.638. The molecule has 0 aliphatic rings. The monoisotopic (exact) mass is 255 g/mol. The van der Waals surface area contributed by atoms with Crippen molar-refractivity contribution in [2.75, 3.05) is 5.73 Å². The van der Waals surface area contributed by atoms with Crippen LogP contribution in [0.5, 0.6) is 0 Å². The number of benzene rings is 1. The summed E-state index contributed by atoms with van der Waals surface area (Å²) in [5, 5.41) is 4.92. The van der Waals surface area contributed by atoms with Crippen molar-refractivity contribution in [2.24, 2.45) is 5.73 Å². The highest BCUT2D eigenvalue weighted by Crippen LogP contribution is 2.14. The van der Waals surface area contributed by atoms with Crippen molar-refractivity contribution >= 4 is 34.0 Å². The zero-order valence-electron chi connectivity index (χ0n) is 8.05. The lowest BCUT2D eigenvalue weighted by Gasteiger charge is -1.87. The van der Waals surface area contributed by atoms with Crippen LogP contribution in [-0.2, 0) is 0 Å². The van der Waals surface area contributed by atoms with Gasteiger partial charge in [-0.15, -0.1) is 0 Å². The Bertz CT molecular complexity index is 537. The van der Waals surface area contributed by atoms with E-state index in [1.165, 1.54) is 4.07 Å². The van der Waals surface area contributed by atoms with Crippen LogP contribution in [0.2, 0.25) is 5.02 Å². The summed E-state index contributed by atoms with van der Waals surface area (Å²) in [5.41, 5.74) is 11.6. The molecule has 1 amide bonds. The number of carbonyl (C=O) groups is 1. The fourth-order valence-corrected chi connectivity index (χ4v) is 2.04. The van der Waals surface area contributed by atoms with Crippen LogP contribution in [0.25, 0.3) is 5.69 Å². The third kappa shape index (κ3) is 1.98. The van der Waals surface area contributed by atoms with Gasteiger partial charge in [0.2, 0.25) is 5.69 Å². The molecule has 1 heterocycles. The van der Waals surface area contributed by atoms with Crippen LogP contribution in [0, 0.1) is 0 Å². The topological polar surface area (TPSA) is 85.9 Å². The molecule has 0 spiro atoms. The quantitative estimate of drug-likeness (QED) is 0.777. The van der Waals surface area contributed by atoms with E-state index in [0.29, 0.717) is 10.0 Å². The molecule has 0 unspecified atom stereocenters. The molecular formula is C9H8ClN4OS+. The molecular weight excluding hydrogens is 248 g/mol. The molecule has 82 valence electrons. The first kappa shape index (κ1) is 10.8. The molecule has 4 N–H and O–H groups in total. The number of carbonyl (C=O) groups excluding carboxylic acids is 1. The van der Waals surface area contributed by atoms with Crippen LogP contribution in [0.1, 0.15) is 10.5 Å². The minimum Gasteiger partial charge on any atom is -0.384 e. The highest BCUT2D eigenvalue weighted by Gasteiger charge is 2.22. The molecule has 0 aliphatic carbocycles. The molecule has 0 radical (unpaired) electrons. The second kappa shape index (κ2) is 4.07. The number of rotatable bonds is 2. The maximum absolute atomic E-state index is 11.0. The molecule has 1 aromatic carbocycles. The Kier molecular flexibility index (Phi) is 2.76. The van der Waals surface area contributed by atoms with E-state index in [1.807, 2.05) is 0 Å². The summed E-state index contributed by atoms with van der Waals surface area (Å²) in [4.78, 5) is 11.0. The Morgan fingerprint density at radius 2 is 2.00 bits per heavy atom. The Hall–Kier alpha value is -1.66. The number of anilines is 1. The Balaban J connectivity index is 2.45. The van der Waals surface area contributed by atoms with Gasteiger partial charge in [0.25, 0.3) is 11.6 Å². The van der Waals surface area contributed by atoms with Gasteiger partial charge in [0, 0.05) is 26.3 Å². The highest BCUT2D eigenvalue weighted by atomic mass is 35.5. The molecule has 1 aromatic heterocycles. The first-order chi connectivity index (χ1) is 7.58. The summed E-state index contributed by atoms with van der Waals surface area (Å²) in [6.07, 6.45) is 0. The normalized spacial score (nSPS) is 10.3. The minimum absolute atomic E-state index is 0.0833. The first-order valence-electron chi connectivity index (χ1n) is 4.33. The second-order valence-corrected chi connectivity index (χ2v) is 4.42. The number of hydrogen-bond donors (Lipinski definition) is 2. The maximum Gasteiger partial charge on any atom is 0.276 e. The number of amides is 1. The van der Waals surface area contributed by atoms with E-state index >= 15 is 0 Å². The van der Waals surface area contributed by atoms with Crippen molar-refractivity contribution in [3.63, 3.8) is 0 Å². The Morgan fingerprint density at radius 3 is 2.50 bits per heavy atom. The molecule has 0 aliphatic heterocycles. The lowest BCUT2D eigenvalue weighted by molar-refractivity contribution is -0.588. The van der Waals surface area contributed by atoms with E-state index in [0.717, 1.165) is 17.2 Å². The summed E-state index contributed by atoms with van der Waals surface area (Å²) in [6.45, 7) is 0. The molecule has 0 atom stereocenters. The van der Waals surface area contributed by atoms with Gasteiger partial charge in [0.1, 0.15) is 0 Å². The van der Waals surface area contributed by atoms with Crippen molar-refractivity contribution in [1.29, 1.82) is 0 Å². The van der Waals surface area contributed by atoms with Crippen LogP contribution in [0.3, 0.4) is 0 Å². The number of primary amides is 1. The molecule has 16 heavy (non-hydrogen) atoms. The van der Waals surface area contributed by atoms with Gasteiger partial charge in [-0.1, -0.05) is 11.6 Å². The van der Waals surface area contributed by atoms with E-state index in [4.69, 9.17) is 23.1 Å². The molecule has 2 rings (SSSR count). The first-order valence-corrected chi connectivity index (χ1v) is 5.48. The fourth-order valence-electron chi connectivity index (χ4n) is 1.15. The minimum atomic E-state index is -0.638. The lowest BCUT2D eigenvalue weighted by Crippen LogP contribution is -2.30. The summed E-state index contributed by atoms with van der Waals surface area (Å²) >= 11 is 6.90. The average Bonchev–Trinajstić information content (AvgIpc) is 2.61. The van der Waals surface area contributed by atoms with Gasteiger partial charge in [0.05, 0.1) is 0 Å². The summed E-state index contributed by atoms with van der Waals surface area (Å²) < 4.78 is 1.52. The van der Waals surface area contributed by atoms with Crippen LogP contribution >= 0.6 is 23.1 Å². The van der Waals surface area contributed by atoms with Gasteiger partial charge in [-0.3, -0.25) is 4.79 Å². The SMILES string of the molecule is NC(=O)c1n[n+](-c2ccc(Cl)cc2)sc1N. The van der Waals surface area contributed by atoms with Crippen LogP contribution in [0.4, 0.5) is 5.00 Å². The van der Waals surface area contributed by atoms with Gasteiger partial charge < -0.3 is 11.5 Å². The second-order valence-electron chi connectivity index (χ2n) is 3.02. The van der Waals surface area contributed by atoms with Crippen LogP contribution < -0.4 is 15.5 Å². The maximum atomic E-state index is 11.0. The molecule has 0 bridgehead atoms. The van der Waals surface area contributed by atoms with Crippen molar-refractivity contribution in [3.05, 3.63) is 35.0 Å². The largest absolute Gasteiger partial charge is 0.384 e. The number of nitrogens with two attached hydrogens (primary N) is 2. The molecule has 7 heteroatoms. The van der Waals surface area contributed by atoms with Crippen molar-refractivity contribution < 1.29 is 8.87 Å². The Labute approximate surface area is 100 Å². The van der Waals surface area contributed by atoms with Gasteiger partial charge in [-0.2, -0.15) is 0 Å². The van der Waals surface area contributed by atoms with E-state index in [9.17, 15) is 4.79 Å². The van der Waals surface area contributed by atoms with Gasteiger partial charge >= 0.3 is 0 Å². The predicted octanol–water partition coefficient (Wildman–Crippen LogP) is 0.754. The number of aromatic nitrogens is 2. The third-order valence-corrected chi connectivity index (χ3v) is 3.00. The van der Waals surface area contributed by atoms with E-state index in [1.54, 1.807) is 24.3 Å². The molecule has 0 fully saturated rings. The predicted molar refractivity (Wildman–Crippen MR) is 61.6 cm³/mol. The fraction of sp³-hybridized carbons (Fsp3) is 0. The number of halogens is 1. The van der Waals surface area contributed by atoms with Gasteiger partial charge in [-0.25, -0.2) is 0 Å². The molecule has 0 saturated heterocycles. The smallest absolute Gasteiger partial charge is 0.276 e. The van der Waals surface area contributed by atoms with Crippen molar-refractivity contribution in [3.8, 4) is 5.69 Å². The summed E-state index contributed by atoms with van der Waals surface area (Å²) in [6, 6.07) is 7.00. The standard InChI is InChI=1S/C9H7ClN4OS/c10-5-1-3-6(4-2-5)14-13-7(8(11)15)9(12)16-14/h1-4,12H,(H2,11,15)/p+1. The van der Waals surface area contributed by atoms with Crippen molar-refractivity contribution in [2.45, 2.75) is 0 Å². The average molecular weight is 256 g/mol. The molecule has 0 saturated carbocycles. The Morgan fingerprint density at radius 1 is 1.38 bits per heavy atom. The van der Waals surface area contributed by atoms with E-state index < -0.39 is 5.91 Å². The number of hydrogen-bond acceptors (Lipinski definition) is 4. The molecule has 2 aromatic rings. The molecule has 5 nitrogen and oxygen atoms in total. The number of nitrogen functional groups attached to an aromatic ring is 1. The number of nitrogens with zero attached hydrogens (tertiary/aromatic N) is 2. The van der Waals surface area contributed by atoms with Crippen LogP contribution in [0.15, 0.2) is 24.3 Å². The van der Waals surface area contributed by atoms with Crippen molar-refractivity contribution in [1.82, 2.24) is 5.10 Å². The lowest BCUT2D eigenvalue weighted by atomic mass is 10.3. The summed E-state index contributed by atoms with van der Waals surface area (Å²) in [7, 11) is 0.